The van der Waals surface area contributed by atoms with Crippen molar-refractivity contribution < 1.29 is 4.74 Å². The lowest BCUT2D eigenvalue weighted by molar-refractivity contribution is 0.276. The number of nitrogens with two attached hydrogens (primary N) is 1. The Balaban J connectivity index is 2.95. The average molecular weight is 157 g/mol. The van der Waals surface area contributed by atoms with Crippen molar-refractivity contribution in [3.63, 3.8) is 0 Å². The maximum atomic E-state index is 5.35. The molecule has 0 atom stereocenters. The van der Waals surface area contributed by atoms with Crippen LogP contribution in [-0.4, -0.2) is 13.7 Å². The normalized spacial score (nSPS) is 9.64. The van der Waals surface area contributed by atoms with E-state index < -0.39 is 0 Å². The summed E-state index contributed by atoms with van der Waals surface area (Å²) in [7, 11) is 1.67. The summed E-state index contributed by atoms with van der Waals surface area (Å²) in [5, 5.41) is 0. The number of hydrogen-bond donors (Lipinski definition) is 1. The van der Waals surface area contributed by atoms with E-state index in [0.29, 0.717) is 0 Å². The molecule has 0 fully saturated rings. The smallest absolute Gasteiger partial charge is 0.0883 e. The Morgan fingerprint density at radius 3 is 2.45 bits per heavy atom. The van der Waals surface area contributed by atoms with E-state index in [4.69, 9.17) is 10.5 Å². The summed E-state index contributed by atoms with van der Waals surface area (Å²) >= 11 is 0. The predicted octanol–water partition coefficient (Wildman–Crippen LogP) is 2.06. The Labute approximate surface area is 69.4 Å². The number of unbranched alkanes of at least 4 members (excludes halogenated alkanes) is 3. The van der Waals surface area contributed by atoms with E-state index in [9.17, 15) is 0 Å². The number of rotatable bonds is 7. The molecule has 2 N–H and O–H groups in total. The first-order valence-electron chi connectivity index (χ1n) is 4.23. The van der Waals surface area contributed by atoms with Gasteiger partial charge in [0.1, 0.15) is 0 Å². The van der Waals surface area contributed by atoms with Crippen molar-refractivity contribution in [3.8, 4) is 0 Å². The zero-order chi connectivity index (χ0) is 8.53. The fourth-order valence-corrected chi connectivity index (χ4v) is 0.922. The highest BCUT2D eigenvalue weighted by Crippen LogP contribution is 2.07. The van der Waals surface area contributed by atoms with Gasteiger partial charge in [0.2, 0.25) is 0 Å². The third kappa shape index (κ3) is 7.40. The van der Waals surface area contributed by atoms with Crippen molar-refractivity contribution >= 4 is 0 Å². The highest BCUT2D eigenvalue weighted by molar-refractivity contribution is 4.80. The first-order chi connectivity index (χ1) is 5.31. The molecule has 0 unspecified atom stereocenters. The molecule has 0 rings (SSSR count). The quantitative estimate of drug-likeness (QED) is 0.453. The van der Waals surface area contributed by atoms with Crippen LogP contribution in [0.5, 0.6) is 0 Å². The summed E-state index contributed by atoms with van der Waals surface area (Å²) in [5.74, 6) is 0.887. The maximum Gasteiger partial charge on any atom is 0.0883 e. The van der Waals surface area contributed by atoms with Gasteiger partial charge >= 0.3 is 0 Å². The van der Waals surface area contributed by atoms with E-state index in [-0.39, 0.29) is 0 Å². The highest BCUT2D eigenvalue weighted by Gasteiger charge is 1.92. The van der Waals surface area contributed by atoms with E-state index in [1.807, 2.05) is 0 Å². The molecule has 0 spiro atoms. The van der Waals surface area contributed by atoms with Gasteiger partial charge in [-0.2, -0.15) is 0 Å². The van der Waals surface area contributed by atoms with Crippen LogP contribution in [-0.2, 0) is 4.74 Å². The standard InChI is InChI=1S/C9H19NO/c1-9(11-2)7-5-3-4-6-8-10/h1,3-8,10H2,2H3. The summed E-state index contributed by atoms with van der Waals surface area (Å²) in [5.41, 5.74) is 5.35. The van der Waals surface area contributed by atoms with Crippen molar-refractivity contribution in [2.45, 2.75) is 32.1 Å². The second-order valence-electron chi connectivity index (χ2n) is 2.70. The topological polar surface area (TPSA) is 35.2 Å². The lowest BCUT2D eigenvalue weighted by Crippen LogP contribution is -1.97. The van der Waals surface area contributed by atoms with Gasteiger partial charge in [0.25, 0.3) is 0 Å². The molecule has 66 valence electrons. The Hall–Kier alpha value is -0.500. The van der Waals surface area contributed by atoms with Crippen molar-refractivity contribution in [2.75, 3.05) is 13.7 Å². The zero-order valence-corrected chi connectivity index (χ0v) is 7.44. The summed E-state index contributed by atoms with van der Waals surface area (Å²) in [6.45, 7) is 4.55. The van der Waals surface area contributed by atoms with Crippen LogP contribution in [0.1, 0.15) is 32.1 Å². The van der Waals surface area contributed by atoms with Crippen LogP contribution in [0, 0.1) is 0 Å². The minimum absolute atomic E-state index is 0.811. The Kier molecular flexibility index (Phi) is 7.26. The largest absolute Gasteiger partial charge is 0.502 e. The van der Waals surface area contributed by atoms with E-state index in [1.165, 1.54) is 19.3 Å². The molecule has 0 aromatic heterocycles. The lowest BCUT2D eigenvalue weighted by Gasteiger charge is -2.02. The molecule has 11 heavy (non-hydrogen) atoms. The van der Waals surface area contributed by atoms with Gasteiger partial charge in [-0.25, -0.2) is 0 Å². The van der Waals surface area contributed by atoms with Gasteiger partial charge in [-0.3, -0.25) is 0 Å². The van der Waals surface area contributed by atoms with Crippen molar-refractivity contribution in [2.24, 2.45) is 5.73 Å². The van der Waals surface area contributed by atoms with Crippen molar-refractivity contribution in [1.29, 1.82) is 0 Å². The summed E-state index contributed by atoms with van der Waals surface area (Å²) in [6, 6.07) is 0. The van der Waals surface area contributed by atoms with E-state index >= 15 is 0 Å². The molecule has 0 aliphatic carbocycles. The first kappa shape index (κ1) is 10.5. The molecule has 0 amide bonds. The van der Waals surface area contributed by atoms with Crippen LogP contribution >= 0.6 is 0 Å². The highest BCUT2D eigenvalue weighted by atomic mass is 16.5. The first-order valence-corrected chi connectivity index (χ1v) is 4.23. The molecule has 0 radical (unpaired) electrons. The molecule has 0 saturated carbocycles. The van der Waals surface area contributed by atoms with E-state index in [1.54, 1.807) is 7.11 Å². The molecular formula is C9H19NO. The second kappa shape index (κ2) is 7.61. The molecule has 0 aliphatic heterocycles. The summed E-state index contributed by atoms with van der Waals surface area (Å²) in [4.78, 5) is 0. The fourth-order valence-electron chi connectivity index (χ4n) is 0.922. The van der Waals surface area contributed by atoms with Gasteiger partial charge < -0.3 is 10.5 Å². The van der Waals surface area contributed by atoms with Crippen LogP contribution < -0.4 is 5.73 Å². The van der Waals surface area contributed by atoms with Crippen LogP contribution in [0.15, 0.2) is 12.3 Å². The van der Waals surface area contributed by atoms with Gasteiger partial charge in [0, 0.05) is 6.42 Å². The number of ether oxygens (including phenoxy) is 1. The molecule has 0 aromatic carbocycles. The third-order valence-corrected chi connectivity index (χ3v) is 1.70. The van der Waals surface area contributed by atoms with Crippen molar-refractivity contribution in [3.05, 3.63) is 12.3 Å². The van der Waals surface area contributed by atoms with Gasteiger partial charge in [0.05, 0.1) is 12.9 Å². The molecule has 0 bridgehead atoms. The zero-order valence-electron chi connectivity index (χ0n) is 7.44. The summed E-state index contributed by atoms with van der Waals surface area (Å²) in [6.07, 6.45) is 5.76. The predicted molar refractivity (Wildman–Crippen MR) is 48.3 cm³/mol. The van der Waals surface area contributed by atoms with Gasteiger partial charge in [-0.1, -0.05) is 19.4 Å². The third-order valence-electron chi connectivity index (χ3n) is 1.70. The minimum atomic E-state index is 0.811. The van der Waals surface area contributed by atoms with Gasteiger partial charge in [-0.05, 0) is 19.4 Å². The summed E-state index contributed by atoms with van der Waals surface area (Å²) < 4.78 is 4.94. The average Bonchev–Trinajstić information content (AvgIpc) is 2.04. The molecule has 0 aromatic rings. The molecule has 0 aliphatic rings. The number of allylic oxidation sites excluding steroid dienone is 1. The lowest BCUT2D eigenvalue weighted by atomic mass is 10.1. The minimum Gasteiger partial charge on any atom is -0.502 e. The van der Waals surface area contributed by atoms with E-state index in [0.717, 1.165) is 25.1 Å². The van der Waals surface area contributed by atoms with Gasteiger partial charge in [0.15, 0.2) is 0 Å². The Morgan fingerprint density at radius 1 is 1.27 bits per heavy atom. The Morgan fingerprint density at radius 2 is 1.91 bits per heavy atom. The van der Waals surface area contributed by atoms with E-state index in [2.05, 4.69) is 6.58 Å². The maximum absolute atomic E-state index is 5.35. The Bertz CT molecular complexity index is 102. The molecule has 0 saturated heterocycles. The SMILES string of the molecule is C=C(CCCCCCN)OC. The number of hydrogen-bond acceptors (Lipinski definition) is 2. The molecular weight excluding hydrogens is 138 g/mol. The molecule has 2 nitrogen and oxygen atoms in total. The molecule has 0 heterocycles. The fraction of sp³-hybridized carbons (Fsp3) is 0.778. The van der Waals surface area contributed by atoms with Crippen LogP contribution in [0.25, 0.3) is 0 Å². The van der Waals surface area contributed by atoms with Gasteiger partial charge in [-0.15, -0.1) is 0 Å². The van der Waals surface area contributed by atoms with Crippen LogP contribution in [0.3, 0.4) is 0 Å². The van der Waals surface area contributed by atoms with Crippen LogP contribution in [0.2, 0.25) is 0 Å². The number of methoxy groups -OCH3 is 1. The monoisotopic (exact) mass is 157 g/mol. The second-order valence-corrected chi connectivity index (χ2v) is 2.70. The van der Waals surface area contributed by atoms with Crippen LogP contribution in [0.4, 0.5) is 0 Å². The van der Waals surface area contributed by atoms with Crippen molar-refractivity contribution in [1.82, 2.24) is 0 Å². The molecule has 2 heteroatoms.